The molecule has 124 valence electrons. The maximum Gasteiger partial charge on any atom is 0.252 e. The maximum atomic E-state index is 12.5. The molecular formula is C16H25ClN2O3. The number of hydrogen-bond acceptors (Lipinski definition) is 4. The van der Waals surface area contributed by atoms with Gasteiger partial charge in [-0.05, 0) is 31.5 Å². The Morgan fingerprint density at radius 2 is 1.91 bits per heavy atom. The van der Waals surface area contributed by atoms with Gasteiger partial charge < -0.3 is 20.1 Å². The summed E-state index contributed by atoms with van der Waals surface area (Å²) in [6.07, 6.45) is 1.24. The zero-order chi connectivity index (χ0) is 15.1. The number of benzene rings is 1. The molecule has 5 nitrogen and oxygen atoms in total. The van der Waals surface area contributed by atoms with Crippen molar-refractivity contribution in [2.24, 2.45) is 0 Å². The number of hydrogen-bond donors (Lipinski definition) is 2. The summed E-state index contributed by atoms with van der Waals surface area (Å²) in [5.41, 5.74) is 0.345. The lowest BCUT2D eigenvalue weighted by atomic mass is 9.91. The van der Waals surface area contributed by atoms with Crippen molar-refractivity contribution < 1.29 is 14.3 Å². The Kier molecular flexibility index (Phi) is 7.82. The molecule has 0 aliphatic carbocycles. The lowest BCUT2D eigenvalue weighted by Gasteiger charge is -2.35. The van der Waals surface area contributed by atoms with Crippen LogP contribution in [0.1, 0.15) is 24.5 Å². The van der Waals surface area contributed by atoms with E-state index in [1.165, 1.54) is 0 Å². The van der Waals surface area contributed by atoms with Crippen LogP contribution in [0.5, 0.6) is 0 Å². The van der Waals surface area contributed by atoms with Gasteiger partial charge in [-0.3, -0.25) is 4.79 Å². The molecule has 1 atom stereocenters. The first-order chi connectivity index (χ1) is 10.2. The molecule has 2 rings (SSSR count). The van der Waals surface area contributed by atoms with Gasteiger partial charge >= 0.3 is 0 Å². The molecule has 1 fully saturated rings. The number of nitrogens with one attached hydrogen (secondary N) is 2. The quantitative estimate of drug-likeness (QED) is 0.834. The molecule has 1 heterocycles. The molecule has 1 aromatic carbocycles. The van der Waals surface area contributed by atoms with Crippen molar-refractivity contribution >= 4 is 18.3 Å². The van der Waals surface area contributed by atoms with E-state index in [0.29, 0.717) is 19.4 Å². The number of carbonyl (C=O) groups is 1. The number of carbonyl (C=O) groups excluding carboxylic acids is 1. The van der Waals surface area contributed by atoms with E-state index in [4.69, 9.17) is 9.47 Å². The molecule has 0 aromatic heterocycles. The first kappa shape index (κ1) is 18.9. The largest absolute Gasteiger partial charge is 0.375 e. The van der Waals surface area contributed by atoms with Crippen LogP contribution in [-0.4, -0.2) is 45.4 Å². The molecular weight excluding hydrogens is 304 g/mol. The Balaban J connectivity index is 0.00000242. The predicted octanol–water partition coefficient (Wildman–Crippen LogP) is 1.68. The van der Waals surface area contributed by atoms with Gasteiger partial charge in [-0.2, -0.15) is 0 Å². The van der Waals surface area contributed by atoms with Crippen LogP contribution in [0.3, 0.4) is 0 Å². The molecule has 0 saturated carbocycles. The van der Waals surface area contributed by atoms with Crippen molar-refractivity contribution in [3.05, 3.63) is 35.9 Å². The molecule has 6 heteroatoms. The maximum absolute atomic E-state index is 12.5. The van der Waals surface area contributed by atoms with Gasteiger partial charge in [0.05, 0.1) is 6.10 Å². The Hall–Kier alpha value is -1.14. The molecule has 1 aromatic rings. The monoisotopic (exact) mass is 328 g/mol. The van der Waals surface area contributed by atoms with Gasteiger partial charge in [0.25, 0.3) is 5.91 Å². The number of piperidine rings is 1. The summed E-state index contributed by atoms with van der Waals surface area (Å²) >= 11 is 0. The Labute approximate surface area is 138 Å². The second-order valence-corrected chi connectivity index (χ2v) is 5.29. The minimum atomic E-state index is -0.708. The van der Waals surface area contributed by atoms with E-state index < -0.39 is 5.60 Å². The van der Waals surface area contributed by atoms with E-state index >= 15 is 0 Å². The zero-order valence-electron chi connectivity index (χ0n) is 13.1. The molecule has 1 aliphatic heterocycles. The number of methoxy groups -OCH3 is 2. The van der Waals surface area contributed by atoms with E-state index in [9.17, 15) is 4.79 Å². The smallest absolute Gasteiger partial charge is 0.252 e. The third kappa shape index (κ3) is 4.43. The van der Waals surface area contributed by atoms with Crippen molar-refractivity contribution in [1.82, 2.24) is 10.6 Å². The van der Waals surface area contributed by atoms with E-state index in [-0.39, 0.29) is 24.4 Å². The molecule has 0 spiro atoms. The number of amides is 1. The van der Waals surface area contributed by atoms with E-state index in [1.54, 1.807) is 14.2 Å². The van der Waals surface area contributed by atoms with Gasteiger partial charge in [0.1, 0.15) is 5.60 Å². The van der Waals surface area contributed by atoms with Crippen molar-refractivity contribution in [3.63, 3.8) is 0 Å². The topological polar surface area (TPSA) is 59.6 Å². The van der Waals surface area contributed by atoms with Crippen molar-refractivity contribution in [1.29, 1.82) is 0 Å². The van der Waals surface area contributed by atoms with E-state index in [2.05, 4.69) is 10.6 Å². The highest BCUT2D eigenvalue weighted by Gasteiger charge is 2.39. The fourth-order valence-corrected chi connectivity index (χ4v) is 2.71. The molecule has 1 saturated heterocycles. The molecule has 0 bridgehead atoms. The van der Waals surface area contributed by atoms with Crippen molar-refractivity contribution in [2.75, 3.05) is 33.9 Å². The second-order valence-electron chi connectivity index (χ2n) is 5.29. The summed E-state index contributed by atoms with van der Waals surface area (Å²) in [6, 6.07) is 9.89. The average molecular weight is 329 g/mol. The van der Waals surface area contributed by atoms with Crippen LogP contribution in [0.2, 0.25) is 0 Å². The van der Waals surface area contributed by atoms with Crippen molar-refractivity contribution in [3.8, 4) is 0 Å². The fourth-order valence-electron chi connectivity index (χ4n) is 2.71. The third-order valence-corrected chi connectivity index (χ3v) is 4.12. The highest BCUT2D eigenvalue weighted by Crippen LogP contribution is 2.23. The molecule has 22 heavy (non-hydrogen) atoms. The molecule has 1 unspecified atom stereocenters. The van der Waals surface area contributed by atoms with Gasteiger partial charge in [0.15, 0.2) is 0 Å². The number of ether oxygens (including phenoxy) is 2. The zero-order valence-corrected chi connectivity index (χ0v) is 13.9. The first-order valence-corrected chi connectivity index (χ1v) is 7.34. The lowest BCUT2D eigenvalue weighted by Crippen LogP contribution is -2.54. The molecule has 0 radical (unpaired) electrons. The Morgan fingerprint density at radius 3 is 2.45 bits per heavy atom. The van der Waals surface area contributed by atoms with Gasteiger partial charge in [-0.15, -0.1) is 12.4 Å². The standard InChI is InChI=1S/C16H24N2O3.ClH/c1-20-14(13-6-4-3-5-7-13)12-18-15(19)16(21-2)8-10-17-11-9-16;/h3-7,14,17H,8-12H2,1-2H3,(H,18,19);1H. The average Bonchev–Trinajstić information content (AvgIpc) is 2.56. The van der Waals surface area contributed by atoms with Crippen LogP contribution in [0.15, 0.2) is 30.3 Å². The van der Waals surface area contributed by atoms with Crippen LogP contribution in [-0.2, 0) is 14.3 Å². The highest BCUT2D eigenvalue weighted by atomic mass is 35.5. The second kappa shape index (κ2) is 9.10. The van der Waals surface area contributed by atoms with Crippen molar-refractivity contribution in [2.45, 2.75) is 24.5 Å². The van der Waals surface area contributed by atoms with Crippen LogP contribution in [0.25, 0.3) is 0 Å². The Bertz CT molecular complexity index is 450. The molecule has 1 amide bonds. The third-order valence-electron chi connectivity index (χ3n) is 4.12. The SMILES string of the molecule is COC(CNC(=O)C1(OC)CCNCC1)c1ccccc1.Cl. The minimum absolute atomic E-state index is 0. The van der Waals surface area contributed by atoms with Gasteiger partial charge in [-0.1, -0.05) is 30.3 Å². The van der Waals surface area contributed by atoms with E-state index in [0.717, 1.165) is 18.7 Å². The summed E-state index contributed by atoms with van der Waals surface area (Å²) in [6.45, 7) is 2.04. The summed E-state index contributed by atoms with van der Waals surface area (Å²) in [5.74, 6) is -0.0514. The van der Waals surface area contributed by atoms with Crippen LogP contribution in [0.4, 0.5) is 0 Å². The summed E-state index contributed by atoms with van der Waals surface area (Å²) in [7, 11) is 3.26. The highest BCUT2D eigenvalue weighted by molar-refractivity contribution is 5.85. The number of halogens is 1. The minimum Gasteiger partial charge on any atom is -0.375 e. The van der Waals surface area contributed by atoms with Crippen LogP contribution >= 0.6 is 12.4 Å². The Morgan fingerprint density at radius 1 is 1.27 bits per heavy atom. The lowest BCUT2D eigenvalue weighted by molar-refractivity contribution is -0.147. The first-order valence-electron chi connectivity index (χ1n) is 7.34. The summed E-state index contributed by atoms with van der Waals surface area (Å²) in [4.78, 5) is 12.5. The molecule has 1 aliphatic rings. The fraction of sp³-hybridized carbons (Fsp3) is 0.562. The predicted molar refractivity (Wildman–Crippen MR) is 88.3 cm³/mol. The molecule has 2 N–H and O–H groups in total. The van der Waals surface area contributed by atoms with Gasteiger partial charge in [0, 0.05) is 20.8 Å². The normalized spacial score (nSPS) is 18.1. The summed E-state index contributed by atoms with van der Waals surface area (Å²) in [5, 5.41) is 6.22. The summed E-state index contributed by atoms with van der Waals surface area (Å²) < 4.78 is 11.0. The number of rotatable bonds is 6. The van der Waals surface area contributed by atoms with Crippen LogP contribution in [0, 0.1) is 0 Å². The van der Waals surface area contributed by atoms with Gasteiger partial charge in [0.2, 0.25) is 0 Å². The van der Waals surface area contributed by atoms with Gasteiger partial charge in [-0.25, -0.2) is 0 Å². The van der Waals surface area contributed by atoms with E-state index in [1.807, 2.05) is 30.3 Å². The van der Waals surface area contributed by atoms with Crippen LogP contribution < -0.4 is 10.6 Å².